The number of nitrogens with zero attached hydrogens (tertiary/aromatic N) is 4. The zero-order valence-electron chi connectivity index (χ0n) is 16.0. The molecule has 6 heteroatoms. The first-order chi connectivity index (χ1) is 13.6. The second-order valence-electron chi connectivity index (χ2n) is 6.41. The number of fused-ring (bicyclic) bond motifs is 1. The van der Waals surface area contributed by atoms with Crippen molar-refractivity contribution in [2.24, 2.45) is 5.92 Å². The summed E-state index contributed by atoms with van der Waals surface area (Å²) in [5.41, 5.74) is 1.35. The average Bonchev–Trinajstić information content (AvgIpc) is 3.24. The van der Waals surface area contributed by atoms with E-state index in [0.29, 0.717) is 5.92 Å². The minimum atomic E-state index is 0.0738. The van der Waals surface area contributed by atoms with Crippen LogP contribution in [0.4, 0.5) is 0 Å². The maximum absolute atomic E-state index is 9.15. The van der Waals surface area contributed by atoms with Gasteiger partial charge >= 0.3 is 0 Å². The Balaban J connectivity index is 2.55. The van der Waals surface area contributed by atoms with Crippen molar-refractivity contribution < 1.29 is 0 Å². The van der Waals surface area contributed by atoms with E-state index in [2.05, 4.69) is 23.5 Å². The lowest BCUT2D eigenvalue weighted by molar-refractivity contribution is 0.450. The van der Waals surface area contributed by atoms with Gasteiger partial charge in [-0.05, 0) is 36.1 Å². The molecule has 0 amide bonds. The lowest BCUT2D eigenvalue weighted by atomic mass is 9.92. The summed E-state index contributed by atoms with van der Waals surface area (Å²) in [6.45, 7) is 18.6. The van der Waals surface area contributed by atoms with Crippen molar-refractivity contribution in [1.29, 1.82) is 10.5 Å². The van der Waals surface area contributed by atoms with Crippen LogP contribution in [0.1, 0.15) is 54.8 Å². The van der Waals surface area contributed by atoms with E-state index in [1.54, 1.807) is 34.8 Å². The van der Waals surface area contributed by atoms with Gasteiger partial charge in [-0.15, -0.1) is 22.7 Å². The normalized spacial score (nSPS) is 12.8. The monoisotopic (exact) mass is 404 g/mol. The van der Waals surface area contributed by atoms with E-state index in [1.807, 2.05) is 18.2 Å². The second-order valence-corrected chi connectivity index (χ2v) is 8.58. The molecule has 1 unspecified atom stereocenters. The lowest BCUT2D eigenvalue weighted by Gasteiger charge is -2.14. The molecule has 2 rings (SSSR count). The first-order valence-electron chi connectivity index (χ1n) is 9.13. The molecule has 0 saturated heterocycles. The Morgan fingerprint density at radius 1 is 1.14 bits per heavy atom. The molecule has 0 fully saturated rings. The third kappa shape index (κ3) is 5.09. The van der Waals surface area contributed by atoms with Gasteiger partial charge in [-0.1, -0.05) is 39.5 Å². The number of rotatable bonds is 8. The molecule has 4 nitrogen and oxygen atoms in total. The molecule has 0 radical (unpaired) electrons. The Morgan fingerprint density at radius 3 is 2.39 bits per heavy atom. The van der Waals surface area contributed by atoms with Gasteiger partial charge in [0.15, 0.2) is 0 Å². The Kier molecular flexibility index (Phi) is 7.98. The molecule has 2 aromatic heterocycles. The standard InChI is InChI=1S/C22H20N4S2/c1-5-7-8-15(6-2)9-19-20(11-17(14-24)26-4)28-21-12-18(27-22(19)21)10-16(13-23)25-3/h10-12,15H,5-9H2,1-2H3/b16-10+,17-11-. The van der Waals surface area contributed by atoms with E-state index in [1.165, 1.54) is 18.4 Å². The Morgan fingerprint density at radius 2 is 1.82 bits per heavy atom. The summed E-state index contributed by atoms with van der Waals surface area (Å²) in [6.07, 6.45) is 8.84. The summed E-state index contributed by atoms with van der Waals surface area (Å²) in [4.78, 5) is 8.40. The first kappa shape index (κ1) is 21.4. The van der Waals surface area contributed by atoms with E-state index < -0.39 is 0 Å². The first-order valence-corrected chi connectivity index (χ1v) is 10.8. The summed E-state index contributed by atoms with van der Waals surface area (Å²) in [5.74, 6) is 0.558. The fraction of sp³-hybridized carbons (Fsp3) is 0.364. The van der Waals surface area contributed by atoms with Crippen molar-refractivity contribution in [3.8, 4) is 12.1 Å². The highest BCUT2D eigenvalue weighted by molar-refractivity contribution is 7.29. The number of hydrogen-bond donors (Lipinski definition) is 0. The molecular weight excluding hydrogens is 384 g/mol. The van der Waals surface area contributed by atoms with Gasteiger partial charge in [0.1, 0.15) is 0 Å². The molecule has 2 aromatic rings. The van der Waals surface area contributed by atoms with E-state index in [4.69, 9.17) is 23.7 Å². The molecular formula is C22H20N4S2. The molecule has 0 aliphatic carbocycles. The maximum Gasteiger partial charge on any atom is 0.263 e. The molecule has 0 aliphatic heterocycles. The SMILES string of the molecule is [C-]#[N+]/C(C#N)=C\c1sc2cc(/C=C(\C#N)[N+]#[C-])sc2c1CC(CC)CCCC. The van der Waals surface area contributed by atoms with Crippen molar-refractivity contribution >= 4 is 44.2 Å². The zero-order chi connectivity index (χ0) is 20.5. The summed E-state index contributed by atoms with van der Waals surface area (Å²) < 4.78 is 2.22. The fourth-order valence-corrected chi connectivity index (χ4v) is 5.59. The van der Waals surface area contributed by atoms with Gasteiger partial charge in [0.2, 0.25) is 0 Å². The van der Waals surface area contributed by atoms with Gasteiger partial charge < -0.3 is 0 Å². The predicted octanol–water partition coefficient (Wildman–Crippen LogP) is 7.29. The van der Waals surface area contributed by atoms with Crippen molar-refractivity contribution in [2.45, 2.75) is 46.0 Å². The zero-order valence-corrected chi connectivity index (χ0v) is 17.6. The van der Waals surface area contributed by atoms with Crippen LogP contribution in [0.15, 0.2) is 17.5 Å². The van der Waals surface area contributed by atoms with Gasteiger partial charge in [0.05, 0.1) is 25.3 Å². The molecule has 0 aromatic carbocycles. The number of unbranched alkanes of at least 4 members (excludes halogenated alkanes) is 1. The summed E-state index contributed by atoms with van der Waals surface area (Å²) in [7, 11) is 0. The minimum absolute atomic E-state index is 0.0738. The van der Waals surface area contributed by atoms with Crippen LogP contribution < -0.4 is 0 Å². The van der Waals surface area contributed by atoms with Gasteiger partial charge in [-0.2, -0.15) is 0 Å². The van der Waals surface area contributed by atoms with E-state index in [9.17, 15) is 0 Å². The maximum atomic E-state index is 9.15. The van der Waals surface area contributed by atoms with E-state index in [-0.39, 0.29) is 11.4 Å². The second kappa shape index (κ2) is 10.4. The molecule has 0 N–H and O–H groups in total. The molecule has 0 bridgehead atoms. The molecule has 28 heavy (non-hydrogen) atoms. The largest absolute Gasteiger partial charge is 0.263 e. The summed E-state index contributed by atoms with van der Waals surface area (Å²) in [6, 6.07) is 5.85. The fourth-order valence-electron chi connectivity index (χ4n) is 3.02. The smallest absolute Gasteiger partial charge is 0.227 e. The summed E-state index contributed by atoms with van der Waals surface area (Å²) in [5, 5.41) is 18.2. The quantitative estimate of drug-likeness (QED) is 0.342. The summed E-state index contributed by atoms with van der Waals surface area (Å²) >= 11 is 3.14. The van der Waals surface area contributed by atoms with Gasteiger partial charge in [0, 0.05) is 19.2 Å². The van der Waals surface area contributed by atoms with Crippen LogP contribution in [0.3, 0.4) is 0 Å². The molecule has 0 spiro atoms. The highest BCUT2D eigenvalue weighted by Crippen LogP contribution is 2.41. The minimum Gasteiger partial charge on any atom is -0.227 e. The van der Waals surface area contributed by atoms with Crippen LogP contribution in [0.25, 0.3) is 31.2 Å². The Labute approximate surface area is 174 Å². The van der Waals surface area contributed by atoms with E-state index >= 15 is 0 Å². The third-order valence-electron chi connectivity index (χ3n) is 4.56. The number of nitriles is 2. The van der Waals surface area contributed by atoms with Crippen molar-refractivity contribution in [3.63, 3.8) is 0 Å². The topological polar surface area (TPSA) is 56.3 Å². The highest BCUT2D eigenvalue weighted by Gasteiger charge is 2.18. The lowest BCUT2D eigenvalue weighted by Crippen LogP contribution is -2.03. The molecule has 1 atom stereocenters. The third-order valence-corrected chi connectivity index (χ3v) is 6.96. The van der Waals surface area contributed by atoms with Crippen molar-refractivity contribution in [2.75, 3.05) is 0 Å². The highest BCUT2D eigenvalue weighted by atomic mass is 32.1. The molecule has 2 heterocycles. The van der Waals surface area contributed by atoms with Crippen molar-refractivity contribution in [1.82, 2.24) is 0 Å². The van der Waals surface area contributed by atoms with Gasteiger partial charge in [-0.25, -0.2) is 20.2 Å². The predicted molar refractivity (Wildman–Crippen MR) is 117 cm³/mol. The Bertz CT molecular complexity index is 1040. The van der Waals surface area contributed by atoms with Gasteiger partial charge in [-0.3, -0.25) is 0 Å². The van der Waals surface area contributed by atoms with Gasteiger partial charge in [0.25, 0.3) is 11.4 Å². The molecule has 140 valence electrons. The number of thiophene rings is 2. The van der Waals surface area contributed by atoms with Crippen LogP contribution >= 0.6 is 22.7 Å². The van der Waals surface area contributed by atoms with Crippen LogP contribution in [-0.2, 0) is 6.42 Å². The molecule has 0 aliphatic rings. The number of allylic oxidation sites excluding steroid dienone is 2. The van der Waals surface area contributed by atoms with Crippen LogP contribution in [-0.4, -0.2) is 0 Å². The van der Waals surface area contributed by atoms with E-state index in [0.717, 1.165) is 38.4 Å². The van der Waals surface area contributed by atoms with Crippen LogP contribution in [0.2, 0.25) is 0 Å². The molecule has 0 saturated carbocycles. The Hall–Kier alpha value is -2.90. The van der Waals surface area contributed by atoms with Crippen molar-refractivity contribution in [3.05, 3.63) is 55.6 Å². The number of hydrogen-bond acceptors (Lipinski definition) is 4. The van der Waals surface area contributed by atoms with Crippen LogP contribution in [0.5, 0.6) is 0 Å². The van der Waals surface area contributed by atoms with Crippen LogP contribution in [0, 0.1) is 41.7 Å². The average molecular weight is 405 g/mol.